The van der Waals surface area contributed by atoms with Gasteiger partial charge in [-0.05, 0) is 64.8 Å². The van der Waals surface area contributed by atoms with E-state index in [2.05, 4.69) is 27.4 Å². The Labute approximate surface area is 226 Å². The van der Waals surface area contributed by atoms with Crippen molar-refractivity contribution in [3.8, 4) is 11.4 Å². The number of thiazole rings is 1. The highest BCUT2D eigenvalue weighted by molar-refractivity contribution is 7.94. The summed E-state index contributed by atoms with van der Waals surface area (Å²) in [7, 11) is -3.71. The number of carbonyl (C=O) groups is 1. The Bertz CT molecular complexity index is 1450. The number of amides is 2. The summed E-state index contributed by atoms with van der Waals surface area (Å²) in [6.07, 6.45) is 0.991. The Morgan fingerprint density at radius 3 is 2.53 bits per heavy atom. The zero-order valence-corrected chi connectivity index (χ0v) is 23.6. The molecule has 12 heteroatoms. The highest BCUT2D eigenvalue weighted by Gasteiger charge is 2.59. The van der Waals surface area contributed by atoms with E-state index in [1.54, 1.807) is 19.1 Å². The summed E-state index contributed by atoms with van der Waals surface area (Å²) < 4.78 is 32.8. The molecule has 2 amide bonds. The standard InChI is InChI=1S/C26H32N6O4S2/c1-5-27-25(33)29-20-8-6-19(7-9-20)23-30-21(14-22(31-23)32-12-13-36-15-16(32)2)26(10-11-26)38(34,35)24-17(3)28-18(4)37-24/h6-9,14,16H,5,10-13,15H2,1-4H3,(H2,27,29,33)/t16-/m0/s1. The van der Waals surface area contributed by atoms with E-state index in [1.165, 1.54) is 11.3 Å². The molecule has 1 atom stereocenters. The summed E-state index contributed by atoms with van der Waals surface area (Å²) in [4.78, 5) is 28.1. The molecule has 2 aromatic heterocycles. The van der Waals surface area contributed by atoms with Crippen molar-refractivity contribution in [2.24, 2.45) is 0 Å². The van der Waals surface area contributed by atoms with Crippen molar-refractivity contribution in [3.05, 3.63) is 46.7 Å². The lowest BCUT2D eigenvalue weighted by molar-refractivity contribution is 0.0985. The minimum Gasteiger partial charge on any atom is -0.377 e. The third kappa shape index (κ3) is 4.87. The molecule has 38 heavy (non-hydrogen) atoms. The first-order valence-corrected chi connectivity index (χ1v) is 15.0. The Hall–Kier alpha value is -3.09. The maximum Gasteiger partial charge on any atom is 0.319 e. The van der Waals surface area contributed by atoms with Crippen LogP contribution in [0.5, 0.6) is 0 Å². The number of aryl methyl sites for hydroxylation is 2. The third-order valence-corrected chi connectivity index (χ3v) is 11.1. The first-order valence-electron chi connectivity index (χ1n) is 12.7. The molecule has 3 heterocycles. The molecule has 3 aromatic rings. The summed E-state index contributed by atoms with van der Waals surface area (Å²) in [5.74, 6) is 1.13. The highest BCUT2D eigenvalue weighted by atomic mass is 32.2. The molecular formula is C26H32N6O4S2. The molecule has 5 rings (SSSR count). The summed E-state index contributed by atoms with van der Waals surface area (Å²) in [5, 5.41) is 6.21. The Morgan fingerprint density at radius 2 is 1.92 bits per heavy atom. The van der Waals surface area contributed by atoms with Crippen LogP contribution in [0.2, 0.25) is 0 Å². The van der Waals surface area contributed by atoms with E-state index in [9.17, 15) is 13.2 Å². The van der Waals surface area contributed by atoms with Crippen LogP contribution in [0.1, 0.15) is 43.1 Å². The average Bonchev–Trinajstić information content (AvgIpc) is 3.64. The molecule has 2 aliphatic rings. The molecule has 1 aliphatic heterocycles. The number of hydrogen-bond acceptors (Lipinski definition) is 9. The number of benzene rings is 1. The normalized spacial score (nSPS) is 18.7. The van der Waals surface area contributed by atoms with E-state index in [1.807, 2.05) is 32.0 Å². The van der Waals surface area contributed by atoms with Crippen LogP contribution in [0.3, 0.4) is 0 Å². The second-order valence-corrected chi connectivity index (χ2v) is 13.4. The number of ether oxygens (including phenoxy) is 1. The third-order valence-electron chi connectivity index (χ3n) is 6.90. The van der Waals surface area contributed by atoms with Crippen LogP contribution in [0.25, 0.3) is 11.4 Å². The lowest BCUT2D eigenvalue weighted by atomic mass is 10.1. The van der Waals surface area contributed by atoms with Crippen LogP contribution in [-0.4, -0.2) is 61.7 Å². The fraction of sp³-hybridized carbons (Fsp3) is 0.462. The van der Waals surface area contributed by atoms with Gasteiger partial charge >= 0.3 is 6.03 Å². The number of aromatic nitrogens is 3. The minimum atomic E-state index is -3.71. The van der Waals surface area contributed by atoms with Crippen molar-refractivity contribution >= 4 is 38.7 Å². The van der Waals surface area contributed by atoms with Gasteiger partial charge in [-0.15, -0.1) is 11.3 Å². The van der Waals surface area contributed by atoms with Crippen LogP contribution in [0, 0.1) is 13.8 Å². The number of rotatable bonds is 7. The Kier molecular flexibility index (Phi) is 7.14. The van der Waals surface area contributed by atoms with E-state index in [-0.39, 0.29) is 12.1 Å². The zero-order chi connectivity index (χ0) is 27.1. The molecule has 0 radical (unpaired) electrons. The summed E-state index contributed by atoms with van der Waals surface area (Å²) in [6, 6.07) is 8.87. The highest BCUT2D eigenvalue weighted by Crippen LogP contribution is 2.56. The van der Waals surface area contributed by atoms with Crippen LogP contribution >= 0.6 is 11.3 Å². The molecule has 0 bridgehead atoms. The van der Waals surface area contributed by atoms with E-state index in [0.717, 1.165) is 10.6 Å². The Morgan fingerprint density at radius 1 is 1.18 bits per heavy atom. The summed E-state index contributed by atoms with van der Waals surface area (Å²) >= 11 is 1.22. The second kappa shape index (κ2) is 10.2. The van der Waals surface area contributed by atoms with Crippen molar-refractivity contribution in [1.82, 2.24) is 20.3 Å². The number of nitrogens with one attached hydrogen (secondary N) is 2. The largest absolute Gasteiger partial charge is 0.377 e. The first kappa shape index (κ1) is 26.5. The van der Waals surface area contributed by atoms with Crippen LogP contribution in [0.4, 0.5) is 16.3 Å². The van der Waals surface area contributed by atoms with Gasteiger partial charge in [0.1, 0.15) is 14.8 Å². The maximum atomic E-state index is 14.0. The first-order chi connectivity index (χ1) is 18.1. The topological polar surface area (TPSA) is 126 Å². The molecule has 202 valence electrons. The van der Waals surface area contributed by atoms with Crippen LogP contribution in [0.15, 0.2) is 34.5 Å². The van der Waals surface area contributed by atoms with Gasteiger partial charge in [-0.3, -0.25) is 0 Å². The number of nitrogens with zero attached hydrogens (tertiary/aromatic N) is 4. The average molecular weight is 557 g/mol. The monoisotopic (exact) mass is 556 g/mol. The van der Waals surface area contributed by atoms with Crippen molar-refractivity contribution in [3.63, 3.8) is 0 Å². The molecular weight excluding hydrogens is 524 g/mol. The molecule has 0 spiro atoms. The molecule has 1 aliphatic carbocycles. The number of anilines is 2. The predicted octanol–water partition coefficient (Wildman–Crippen LogP) is 4.05. The fourth-order valence-electron chi connectivity index (χ4n) is 4.77. The van der Waals surface area contributed by atoms with E-state index >= 15 is 0 Å². The predicted molar refractivity (Wildman–Crippen MR) is 147 cm³/mol. The molecule has 1 saturated carbocycles. The van der Waals surface area contributed by atoms with Crippen molar-refractivity contribution in [2.75, 3.05) is 36.5 Å². The minimum absolute atomic E-state index is 0.0844. The van der Waals surface area contributed by atoms with Crippen molar-refractivity contribution in [1.29, 1.82) is 0 Å². The van der Waals surface area contributed by atoms with Gasteiger partial charge in [-0.25, -0.2) is 28.2 Å². The quantitative estimate of drug-likeness (QED) is 0.446. The number of morpholine rings is 1. The molecule has 10 nitrogen and oxygen atoms in total. The van der Waals surface area contributed by atoms with Gasteiger partial charge < -0.3 is 20.3 Å². The number of carbonyl (C=O) groups excluding carboxylic acids is 1. The number of urea groups is 1. The molecule has 2 fully saturated rings. The van der Waals surface area contributed by atoms with Crippen molar-refractivity contribution in [2.45, 2.75) is 55.5 Å². The van der Waals surface area contributed by atoms with E-state index in [0.29, 0.717) is 72.1 Å². The van der Waals surface area contributed by atoms with Gasteiger partial charge in [0.2, 0.25) is 9.84 Å². The van der Waals surface area contributed by atoms with Gasteiger partial charge in [0, 0.05) is 30.4 Å². The van der Waals surface area contributed by atoms with E-state index < -0.39 is 14.6 Å². The summed E-state index contributed by atoms with van der Waals surface area (Å²) in [6.45, 7) is 9.80. The van der Waals surface area contributed by atoms with E-state index in [4.69, 9.17) is 14.7 Å². The smallest absolute Gasteiger partial charge is 0.319 e. The van der Waals surface area contributed by atoms with Gasteiger partial charge in [0.25, 0.3) is 0 Å². The van der Waals surface area contributed by atoms with Gasteiger partial charge in [-0.2, -0.15) is 0 Å². The van der Waals surface area contributed by atoms with Gasteiger partial charge in [0.15, 0.2) is 5.82 Å². The fourth-order valence-corrected chi connectivity index (χ4v) is 8.50. The van der Waals surface area contributed by atoms with Crippen LogP contribution in [-0.2, 0) is 19.3 Å². The molecule has 0 unspecified atom stereocenters. The number of hydrogen-bond donors (Lipinski definition) is 2. The summed E-state index contributed by atoms with van der Waals surface area (Å²) in [5.41, 5.74) is 2.40. The molecule has 1 saturated heterocycles. The maximum absolute atomic E-state index is 14.0. The number of sulfone groups is 1. The lowest BCUT2D eigenvalue weighted by Gasteiger charge is -2.34. The Balaban J connectivity index is 1.57. The van der Waals surface area contributed by atoms with Gasteiger partial charge in [0.05, 0.1) is 35.7 Å². The molecule has 1 aromatic carbocycles. The van der Waals surface area contributed by atoms with Crippen molar-refractivity contribution < 1.29 is 17.9 Å². The van der Waals surface area contributed by atoms with Crippen LogP contribution < -0.4 is 15.5 Å². The molecule has 2 N–H and O–H groups in total. The SMILES string of the molecule is CCNC(=O)Nc1ccc(-c2nc(N3CCOC[C@@H]3C)cc(C3(S(=O)(=O)c4sc(C)nc4C)CC3)n2)cc1. The zero-order valence-electron chi connectivity index (χ0n) is 21.9. The lowest BCUT2D eigenvalue weighted by Crippen LogP contribution is -2.44. The second-order valence-electron chi connectivity index (χ2n) is 9.72. The van der Waals surface area contributed by atoms with Gasteiger partial charge in [-0.1, -0.05) is 0 Å².